The number of rotatable bonds is 15. The third-order valence-electron chi connectivity index (χ3n) is 11.3. The Labute approximate surface area is 479 Å². The van der Waals surface area contributed by atoms with E-state index >= 15 is 0 Å². The number of nitrogens with zero attached hydrogens (tertiary/aromatic N) is 5. The van der Waals surface area contributed by atoms with E-state index in [0.29, 0.717) is 33.4 Å². The van der Waals surface area contributed by atoms with Gasteiger partial charge in [0.15, 0.2) is 5.01 Å². The van der Waals surface area contributed by atoms with Gasteiger partial charge in [-0.15, -0.1) is 22.7 Å². The maximum absolute atomic E-state index is 13.9. The third kappa shape index (κ3) is 20.4. The van der Waals surface area contributed by atoms with Crippen LogP contribution in [0.5, 0.6) is 0 Å². The predicted octanol–water partition coefficient (Wildman–Crippen LogP) is 14.3. The summed E-state index contributed by atoms with van der Waals surface area (Å²) in [6.07, 6.45) is 3.24. The van der Waals surface area contributed by atoms with Gasteiger partial charge in [-0.2, -0.15) is 0 Å². The third-order valence-corrected chi connectivity index (χ3v) is 13.5. The molecule has 420 valence electrons. The number of thiazole rings is 2. The monoisotopic (exact) mass is 1140 g/mol. The van der Waals surface area contributed by atoms with Crippen molar-refractivity contribution in [1.29, 1.82) is 0 Å². The summed E-state index contributed by atoms with van der Waals surface area (Å²) < 4.78 is 20.6. The summed E-state index contributed by atoms with van der Waals surface area (Å²) in [6.45, 7) is 18.6. The number of Topliss-reactive ketones (excluding diaryl/α,β-unsaturated/α-hetero) is 1. The highest BCUT2D eigenvalue weighted by Crippen LogP contribution is 2.31. The Kier molecular flexibility index (Phi) is 31.9. The van der Waals surface area contributed by atoms with Gasteiger partial charge in [0, 0.05) is 57.5 Å². The maximum Gasteiger partial charge on any atom is 0.339 e. The molecule has 14 nitrogen and oxygen atoms in total. The molecule has 0 amide bonds. The van der Waals surface area contributed by atoms with Crippen LogP contribution in [0.15, 0.2) is 107 Å². The summed E-state index contributed by atoms with van der Waals surface area (Å²) in [5, 5.41) is 6.62. The topological polar surface area (TPSA) is 170 Å². The van der Waals surface area contributed by atoms with E-state index in [4.69, 9.17) is 54.7 Å². The van der Waals surface area contributed by atoms with Crippen molar-refractivity contribution in [3.8, 4) is 38.8 Å². The number of nitrogen functional groups attached to an aromatic ring is 1. The van der Waals surface area contributed by atoms with Gasteiger partial charge in [-0.05, 0) is 106 Å². The second-order valence-electron chi connectivity index (χ2n) is 16.7. The Morgan fingerprint density at radius 2 is 1.19 bits per heavy atom. The van der Waals surface area contributed by atoms with E-state index in [1.54, 1.807) is 43.9 Å². The normalized spacial score (nSPS) is 10.1. The molecule has 0 saturated heterocycles. The zero-order chi connectivity index (χ0) is 56.5. The summed E-state index contributed by atoms with van der Waals surface area (Å²) in [6, 6.07) is 28.8. The van der Waals surface area contributed by atoms with Crippen molar-refractivity contribution in [1.82, 2.24) is 19.4 Å². The first-order valence-electron chi connectivity index (χ1n) is 24.2. The number of aryl methyl sites for hydroxylation is 4. The lowest BCUT2D eigenvalue weighted by Crippen LogP contribution is -2.30. The molecule has 7 rings (SSSR count). The van der Waals surface area contributed by atoms with Gasteiger partial charge in [-0.3, -0.25) is 23.9 Å². The molecule has 0 saturated carbocycles. The molecule has 0 spiro atoms. The number of ketones is 1. The second-order valence-corrected chi connectivity index (χ2v) is 19.4. The van der Waals surface area contributed by atoms with Crippen molar-refractivity contribution in [3.63, 3.8) is 0 Å². The number of esters is 2. The van der Waals surface area contributed by atoms with Crippen molar-refractivity contribution in [2.24, 2.45) is 0 Å². The SMILES string of the molecule is C.C.CCc1cccc(CC)c1-n1c(C)c(C(=O)OC)cc(-c2nc(-c3ccc(Cl)cc3)cs2)c1=O.CCc1cccc(CC)c1N.COC(=O)CC(C)=O.COC(OC)N(C)C.[C-]#[N+]Cc1nc(-c2ccc(Cl)cc2)cs1. The number of aromatic nitrogens is 3. The van der Waals surface area contributed by atoms with Crippen LogP contribution in [0, 0.1) is 13.5 Å². The van der Waals surface area contributed by atoms with Crippen LogP contribution in [0.1, 0.15) is 99.2 Å². The molecule has 0 bridgehead atoms. The van der Waals surface area contributed by atoms with E-state index < -0.39 is 11.9 Å². The number of hydrogen-bond acceptors (Lipinski definition) is 14. The number of carbonyl (C=O) groups is 3. The van der Waals surface area contributed by atoms with E-state index in [-0.39, 0.29) is 39.0 Å². The Morgan fingerprint density at radius 3 is 1.58 bits per heavy atom. The molecule has 0 fully saturated rings. The van der Waals surface area contributed by atoms with Crippen LogP contribution in [0.25, 0.3) is 43.6 Å². The molecule has 2 N–H and O–H groups in total. The number of anilines is 1. The molecule has 78 heavy (non-hydrogen) atoms. The van der Waals surface area contributed by atoms with E-state index in [2.05, 4.69) is 60.5 Å². The Morgan fingerprint density at radius 1 is 0.731 bits per heavy atom. The molecule has 18 heteroatoms. The minimum atomic E-state index is -0.492. The molecule has 0 unspecified atom stereocenters. The van der Waals surface area contributed by atoms with Gasteiger partial charge in [0.05, 0.1) is 42.4 Å². The highest BCUT2D eigenvalue weighted by molar-refractivity contribution is 7.13. The summed E-state index contributed by atoms with van der Waals surface area (Å²) in [4.78, 5) is 61.2. The first-order valence-corrected chi connectivity index (χ1v) is 26.7. The summed E-state index contributed by atoms with van der Waals surface area (Å²) in [7, 11) is 9.58. The fourth-order valence-electron chi connectivity index (χ4n) is 7.38. The standard InChI is InChI=1S/C27H25ClN2O3S.C11H7ClN2S.C10H15N.C5H13NO2.C5H8O3.2CH4/c1-5-17-8-7-9-18(6-2)24(17)30-16(3)21(27(32)33-4)14-22(26(30)31)25-29-23(15-34-25)19-10-12-20(28)13-11-19;1-13-6-11-14-10(7-15-11)8-2-4-9(12)5-3-8;1-3-8-6-5-7-9(4-2)10(8)11;1-6(2)5(7-3)8-4;1-4(6)3-5(7)8-2;;/h7-15H,5-6H2,1-4H3;2-5,7H,6H2;5-7H,3-4,11H2,1-2H3;5H,1-4H3;3H2,1-2H3;2*1H4. The molecule has 7 aromatic rings. The molecule has 3 heterocycles. The van der Waals surface area contributed by atoms with E-state index in [1.165, 1.54) is 54.9 Å². The highest BCUT2D eigenvalue weighted by Gasteiger charge is 2.24. The summed E-state index contributed by atoms with van der Waals surface area (Å²) in [5.41, 5.74) is 17.0. The molecule has 0 aliphatic rings. The van der Waals surface area contributed by atoms with Crippen LogP contribution in [0.2, 0.25) is 10.0 Å². The van der Waals surface area contributed by atoms with E-state index in [0.717, 1.165) is 80.7 Å². The number of nitrogens with two attached hydrogens (primary N) is 1. The second kappa shape index (κ2) is 35.8. The summed E-state index contributed by atoms with van der Waals surface area (Å²) >= 11 is 14.7. The number of pyridine rings is 1. The number of para-hydroxylation sites is 2. The van der Waals surface area contributed by atoms with Crippen LogP contribution in [-0.4, -0.2) is 86.1 Å². The smallest absolute Gasteiger partial charge is 0.339 e. The lowest BCUT2D eigenvalue weighted by atomic mass is 10.0. The number of carbonyl (C=O) groups excluding carboxylic acids is 3. The lowest BCUT2D eigenvalue weighted by molar-refractivity contribution is -0.179. The van der Waals surface area contributed by atoms with Gasteiger partial charge >= 0.3 is 11.9 Å². The van der Waals surface area contributed by atoms with Crippen molar-refractivity contribution in [3.05, 3.63) is 172 Å². The zero-order valence-electron chi connectivity index (χ0n) is 45.3. The fourth-order valence-corrected chi connectivity index (χ4v) is 9.19. The van der Waals surface area contributed by atoms with Crippen molar-refractivity contribution in [2.75, 3.05) is 48.3 Å². The fraction of sp³-hybridized carbons (Fsp3) is 0.350. The lowest BCUT2D eigenvalue weighted by Gasteiger charge is -2.20. The van der Waals surface area contributed by atoms with Gasteiger partial charge in [0.25, 0.3) is 12.1 Å². The van der Waals surface area contributed by atoms with Gasteiger partial charge in [-0.25, -0.2) is 21.3 Å². The minimum Gasteiger partial charge on any atom is -0.469 e. The summed E-state index contributed by atoms with van der Waals surface area (Å²) in [5.74, 6) is -1.14. The average Bonchev–Trinajstić information content (AvgIpc) is 4.14. The molecule has 0 aliphatic carbocycles. The highest BCUT2D eigenvalue weighted by atomic mass is 35.5. The van der Waals surface area contributed by atoms with Crippen LogP contribution in [0.3, 0.4) is 0 Å². The average molecular weight is 1140 g/mol. The maximum atomic E-state index is 13.9. The van der Waals surface area contributed by atoms with Crippen LogP contribution in [0.4, 0.5) is 5.69 Å². The van der Waals surface area contributed by atoms with Gasteiger partial charge < -0.3 is 29.5 Å². The Bertz CT molecular complexity index is 3030. The number of halogens is 2. The molecule has 4 aromatic carbocycles. The molecular formula is C60H76Cl2N6O8S2. The molecule has 0 atom stereocenters. The molecular weight excluding hydrogens is 1070 g/mol. The van der Waals surface area contributed by atoms with Crippen LogP contribution < -0.4 is 11.3 Å². The van der Waals surface area contributed by atoms with Crippen LogP contribution >= 0.6 is 45.9 Å². The first-order chi connectivity index (χ1) is 36.4. The molecule has 3 aromatic heterocycles. The van der Waals surface area contributed by atoms with Gasteiger partial charge in [-0.1, -0.05) is 126 Å². The Balaban J connectivity index is 0.000000569. The zero-order valence-corrected chi connectivity index (χ0v) is 48.4. The number of benzene rings is 4. The van der Waals surface area contributed by atoms with Crippen molar-refractivity contribution < 1.29 is 33.3 Å². The van der Waals surface area contributed by atoms with E-state index in [9.17, 15) is 19.2 Å². The number of ether oxygens (including phenoxy) is 4. The molecule has 0 aliphatic heterocycles. The van der Waals surface area contributed by atoms with Crippen LogP contribution in [-0.2, 0) is 60.8 Å². The molecule has 0 radical (unpaired) electrons. The first kappa shape index (κ1) is 69.5. The largest absolute Gasteiger partial charge is 0.469 e. The minimum absolute atomic E-state index is 0. The van der Waals surface area contributed by atoms with Crippen molar-refractivity contribution >= 4 is 69.3 Å². The predicted molar refractivity (Wildman–Crippen MR) is 323 cm³/mol. The number of methoxy groups -OCH3 is 4. The van der Waals surface area contributed by atoms with E-state index in [1.807, 2.05) is 84.4 Å². The van der Waals surface area contributed by atoms with Gasteiger partial charge in [0.1, 0.15) is 17.2 Å². The number of hydrogen-bond donors (Lipinski definition) is 1. The quantitative estimate of drug-likeness (QED) is 0.0339. The van der Waals surface area contributed by atoms with Gasteiger partial charge in [0.2, 0.25) is 6.41 Å². The Hall–Kier alpha value is -6.55. The van der Waals surface area contributed by atoms with Crippen molar-refractivity contribution in [2.45, 2.75) is 101 Å².